The van der Waals surface area contributed by atoms with Gasteiger partial charge in [0, 0.05) is 50.3 Å². The zero-order chi connectivity index (χ0) is 32.1. The number of carboxylic acid groups (broad SMARTS) is 1. The second-order valence-corrected chi connectivity index (χ2v) is 12.9. The van der Waals surface area contributed by atoms with Gasteiger partial charge in [-0.15, -0.1) is 0 Å². The largest absolute Gasteiger partial charge is 0.478 e. The second kappa shape index (κ2) is 11.6. The SMILES string of the molecule is Cc1ccc(-c2ccc(N3CCN(S(=O)C4CC(F)(F)C4)CC3)cc2)c(-c2cccc(-n3ncc(C(=O)O)c3C(F)(F)F)n2)c1. The number of benzene rings is 2. The number of anilines is 1. The lowest BCUT2D eigenvalue weighted by molar-refractivity contribution is -0.143. The minimum atomic E-state index is -4.98. The van der Waals surface area contributed by atoms with Gasteiger partial charge in [0.15, 0.2) is 11.5 Å². The van der Waals surface area contributed by atoms with Crippen LogP contribution in [0.4, 0.5) is 27.6 Å². The number of alkyl halides is 5. The molecule has 1 saturated carbocycles. The van der Waals surface area contributed by atoms with Crippen molar-refractivity contribution in [3.63, 3.8) is 0 Å². The summed E-state index contributed by atoms with van der Waals surface area (Å²) in [6.07, 6.45) is -4.97. The number of pyridine rings is 1. The van der Waals surface area contributed by atoms with Gasteiger partial charge in [0.2, 0.25) is 0 Å². The Kier molecular flexibility index (Phi) is 7.98. The van der Waals surface area contributed by atoms with Crippen LogP contribution in [-0.4, -0.2) is 71.7 Å². The van der Waals surface area contributed by atoms with Gasteiger partial charge in [0.25, 0.3) is 5.92 Å². The van der Waals surface area contributed by atoms with Gasteiger partial charge in [0.05, 0.1) is 28.1 Å². The van der Waals surface area contributed by atoms with Crippen molar-refractivity contribution in [2.75, 3.05) is 31.1 Å². The van der Waals surface area contributed by atoms with E-state index in [9.17, 15) is 36.1 Å². The molecule has 0 bridgehead atoms. The number of hydrogen-bond acceptors (Lipinski definition) is 5. The molecule has 1 saturated heterocycles. The van der Waals surface area contributed by atoms with Crippen LogP contribution in [0.25, 0.3) is 28.2 Å². The van der Waals surface area contributed by atoms with Crippen molar-refractivity contribution in [2.24, 2.45) is 0 Å². The zero-order valence-electron chi connectivity index (χ0n) is 24.0. The summed E-state index contributed by atoms with van der Waals surface area (Å²) in [6.45, 7) is 4.08. The number of nitrogens with zero attached hydrogens (tertiary/aromatic N) is 5. The van der Waals surface area contributed by atoms with Gasteiger partial charge in [-0.3, -0.25) is 0 Å². The Balaban J connectivity index is 1.23. The van der Waals surface area contributed by atoms with E-state index in [0.29, 0.717) is 48.3 Å². The van der Waals surface area contributed by atoms with E-state index in [-0.39, 0.29) is 18.7 Å². The van der Waals surface area contributed by atoms with Crippen LogP contribution in [0, 0.1) is 6.92 Å². The van der Waals surface area contributed by atoms with Gasteiger partial charge in [0.1, 0.15) is 5.56 Å². The lowest BCUT2D eigenvalue weighted by Crippen LogP contribution is -2.52. The molecule has 0 spiro atoms. The molecule has 2 aliphatic rings. The number of hydrogen-bond donors (Lipinski definition) is 1. The average molecular weight is 646 g/mol. The molecule has 236 valence electrons. The van der Waals surface area contributed by atoms with Gasteiger partial charge in [-0.2, -0.15) is 18.3 Å². The molecule has 4 aromatic rings. The normalized spacial score (nSPS) is 18.0. The maximum atomic E-state index is 13.8. The minimum absolute atomic E-state index is 0.179. The standard InChI is InChI=1S/C31H28F5N5O3S/c1-19-5-10-23(20-6-8-21(9-7-20)39-11-13-40(14-12-39)45(44)22-16-30(32,33)17-22)24(15-19)26-3-2-4-27(38-26)41-28(31(34,35)36)25(18-37-41)29(42)43/h2-10,15,18,22H,11-14,16-17H2,1H3,(H,42,43). The summed E-state index contributed by atoms with van der Waals surface area (Å²) >= 11 is 0. The fraction of sp³-hybridized carbons (Fsp3) is 0.323. The average Bonchev–Trinajstić information content (AvgIpc) is 3.47. The topological polar surface area (TPSA) is 91.6 Å². The van der Waals surface area contributed by atoms with E-state index in [1.165, 1.54) is 6.07 Å². The first-order valence-corrected chi connectivity index (χ1v) is 15.3. The van der Waals surface area contributed by atoms with E-state index < -0.39 is 45.6 Å². The third-order valence-electron chi connectivity index (χ3n) is 8.04. The number of aromatic nitrogens is 3. The molecule has 14 heteroatoms. The first kappa shape index (κ1) is 30.8. The van der Waals surface area contributed by atoms with E-state index in [2.05, 4.69) is 15.0 Å². The van der Waals surface area contributed by atoms with E-state index in [0.717, 1.165) is 22.4 Å². The van der Waals surface area contributed by atoms with Gasteiger partial charge in [-0.05, 0) is 48.4 Å². The number of carboxylic acids is 1. The summed E-state index contributed by atoms with van der Waals surface area (Å²) in [5.74, 6) is -4.63. The van der Waals surface area contributed by atoms with Crippen LogP contribution >= 0.6 is 0 Å². The first-order valence-electron chi connectivity index (χ1n) is 14.2. The monoisotopic (exact) mass is 645 g/mol. The second-order valence-electron chi connectivity index (χ2n) is 11.2. The molecule has 0 radical (unpaired) electrons. The molecule has 1 aliphatic heterocycles. The zero-order valence-corrected chi connectivity index (χ0v) is 24.8. The Morgan fingerprint density at radius 1 is 0.978 bits per heavy atom. The molecule has 1 N–H and O–H groups in total. The predicted molar refractivity (Wildman–Crippen MR) is 159 cm³/mol. The Hall–Kier alpha value is -4.17. The maximum Gasteiger partial charge on any atom is 0.434 e. The van der Waals surface area contributed by atoms with Crippen LogP contribution < -0.4 is 4.90 Å². The highest BCUT2D eigenvalue weighted by Gasteiger charge is 2.49. The maximum absolute atomic E-state index is 13.8. The highest BCUT2D eigenvalue weighted by Crippen LogP contribution is 2.41. The van der Waals surface area contributed by atoms with Crippen molar-refractivity contribution >= 4 is 22.6 Å². The molecule has 45 heavy (non-hydrogen) atoms. The van der Waals surface area contributed by atoms with Gasteiger partial charge in [-0.1, -0.05) is 35.9 Å². The van der Waals surface area contributed by atoms with Crippen LogP contribution in [0.3, 0.4) is 0 Å². The summed E-state index contributed by atoms with van der Waals surface area (Å²) in [6, 6.07) is 18.0. The molecular weight excluding hydrogens is 617 g/mol. The Morgan fingerprint density at radius 3 is 2.29 bits per heavy atom. The Labute approximate surface area is 257 Å². The van der Waals surface area contributed by atoms with Gasteiger partial charge in [-0.25, -0.2) is 31.8 Å². The lowest BCUT2D eigenvalue weighted by Gasteiger charge is -2.40. The molecule has 2 aromatic heterocycles. The molecule has 3 heterocycles. The summed E-state index contributed by atoms with van der Waals surface area (Å²) in [5.41, 5.74) is 2.14. The molecular formula is C31H28F5N5O3S. The van der Waals surface area contributed by atoms with Crippen molar-refractivity contribution in [1.29, 1.82) is 0 Å². The van der Waals surface area contributed by atoms with Crippen molar-refractivity contribution in [3.8, 4) is 28.2 Å². The highest BCUT2D eigenvalue weighted by molar-refractivity contribution is 7.83. The number of piperazine rings is 1. The minimum Gasteiger partial charge on any atom is -0.478 e. The quantitative estimate of drug-likeness (QED) is 0.241. The number of halogens is 5. The summed E-state index contributed by atoms with van der Waals surface area (Å²) in [7, 11) is -1.42. The number of aromatic carboxylic acids is 1. The molecule has 0 amide bonds. The predicted octanol–water partition coefficient (Wildman–Crippen LogP) is 6.21. The summed E-state index contributed by atoms with van der Waals surface area (Å²) < 4.78 is 83.0. The Bertz CT molecular complexity index is 1760. The van der Waals surface area contributed by atoms with E-state index >= 15 is 0 Å². The Morgan fingerprint density at radius 2 is 1.67 bits per heavy atom. The third kappa shape index (κ3) is 6.21. The van der Waals surface area contributed by atoms with Gasteiger partial charge >= 0.3 is 12.1 Å². The molecule has 8 nitrogen and oxygen atoms in total. The van der Waals surface area contributed by atoms with Crippen LogP contribution in [0.5, 0.6) is 0 Å². The van der Waals surface area contributed by atoms with E-state index in [4.69, 9.17) is 0 Å². The van der Waals surface area contributed by atoms with Gasteiger partial charge < -0.3 is 10.0 Å². The van der Waals surface area contributed by atoms with Crippen LogP contribution in [-0.2, 0) is 17.2 Å². The van der Waals surface area contributed by atoms with Crippen LogP contribution in [0.1, 0.15) is 34.5 Å². The van der Waals surface area contributed by atoms with E-state index in [1.807, 2.05) is 49.4 Å². The third-order valence-corrected chi connectivity index (χ3v) is 9.82. The van der Waals surface area contributed by atoms with Crippen molar-refractivity contribution in [3.05, 3.63) is 83.7 Å². The highest BCUT2D eigenvalue weighted by atomic mass is 32.2. The van der Waals surface area contributed by atoms with Crippen LogP contribution in [0.15, 0.2) is 66.9 Å². The number of carbonyl (C=O) groups is 1. The molecule has 1 aliphatic carbocycles. The number of aryl methyl sites for hydroxylation is 1. The first-order chi connectivity index (χ1) is 21.3. The molecule has 2 fully saturated rings. The van der Waals surface area contributed by atoms with Crippen molar-refractivity contribution in [2.45, 2.75) is 37.1 Å². The lowest BCUT2D eigenvalue weighted by atomic mass is 9.94. The van der Waals surface area contributed by atoms with Crippen molar-refractivity contribution < 1.29 is 36.1 Å². The molecule has 1 atom stereocenters. The molecule has 2 aromatic carbocycles. The van der Waals surface area contributed by atoms with Crippen molar-refractivity contribution in [1.82, 2.24) is 19.1 Å². The molecule has 6 rings (SSSR count). The smallest absolute Gasteiger partial charge is 0.434 e. The van der Waals surface area contributed by atoms with Crippen LogP contribution in [0.2, 0.25) is 0 Å². The number of rotatable bonds is 7. The van der Waals surface area contributed by atoms with E-state index in [1.54, 1.807) is 16.4 Å². The summed E-state index contributed by atoms with van der Waals surface area (Å²) in [5, 5.41) is 12.5. The molecule has 1 unspecified atom stereocenters. The fourth-order valence-corrected chi connectivity index (χ4v) is 7.42. The summed E-state index contributed by atoms with van der Waals surface area (Å²) in [4.78, 5) is 18.0. The fourth-order valence-electron chi connectivity index (χ4n) is 5.70.